The van der Waals surface area contributed by atoms with Gasteiger partial charge in [0.05, 0.1) is 0 Å². The molecule has 0 atom stereocenters. The monoisotopic (exact) mass is 381 g/mol. The van der Waals surface area contributed by atoms with Gasteiger partial charge in [-0.2, -0.15) is 4.98 Å². The molecule has 1 heterocycles. The molecule has 3 rings (SSSR count). The minimum atomic E-state index is -0.468. The lowest BCUT2D eigenvalue weighted by atomic mass is 10.0. The van der Waals surface area contributed by atoms with Crippen molar-refractivity contribution in [2.75, 3.05) is 11.2 Å². The van der Waals surface area contributed by atoms with Crippen LogP contribution in [-0.4, -0.2) is 15.9 Å². The standard InChI is InChI=1S/C20H20FN5O2/c1-12(2)13-5-9-16(10-6-13)28-20-17(22)18(23-11-24-20)25-26-19(27)14-3-7-15(21)8-4-14/h3-12H,22H2,1-2H3,(H,26,27)(H,23,24,25). The van der Waals surface area contributed by atoms with Crippen molar-refractivity contribution in [3.8, 4) is 11.6 Å². The van der Waals surface area contributed by atoms with Crippen molar-refractivity contribution in [2.45, 2.75) is 19.8 Å². The lowest BCUT2D eigenvalue weighted by Crippen LogP contribution is -2.30. The summed E-state index contributed by atoms with van der Waals surface area (Å²) in [6.45, 7) is 4.22. The van der Waals surface area contributed by atoms with Crippen LogP contribution in [-0.2, 0) is 0 Å². The molecule has 0 saturated heterocycles. The van der Waals surface area contributed by atoms with E-state index in [2.05, 4.69) is 34.7 Å². The van der Waals surface area contributed by atoms with E-state index in [-0.39, 0.29) is 22.9 Å². The maximum atomic E-state index is 12.9. The lowest BCUT2D eigenvalue weighted by molar-refractivity contribution is 0.0962. The van der Waals surface area contributed by atoms with E-state index >= 15 is 0 Å². The number of hydrogen-bond acceptors (Lipinski definition) is 6. The van der Waals surface area contributed by atoms with Gasteiger partial charge in [-0.25, -0.2) is 9.37 Å². The molecule has 2 aromatic carbocycles. The largest absolute Gasteiger partial charge is 0.437 e. The second kappa shape index (κ2) is 8.34. The molecule has 8 heteroatoms. The number of halogens is 1. The molecule has 1 aromatic heterocycles. The van der Waals surface area contributed by atoms with Gasteiger partial charge in [-0.15, -0.1) is 0 Å². The molecule has 0 spiro atoms. The van der Waals surface area contributed by atoms with Crippen molar-refractivity contribution in [1.82, 2.24) is 15.4 Å². The predicted octanol–water partition coefficient (Wildman–Crippen LogP) is 3.87. The summed E-state index contributed by atoms with van der Waals surface area (Å²) < 4.78 is 18.7. The van der Waals surface area contributed by atoms with Crippen molar-refractivity contribution in [1.29, 1.82) is 0 Å². The van der Waals surface area contributed by atoms with Crippen LogP contribution in [0.15, 0.2) is 54.9 Å². The quantitative estimate of drug-likeness (QED) is 0.560. The van der Waals surface area contributed by atoms with E-state index in [0.717, 1.165) is 0 Å². The Bertz CT molecular complexity index is 959. The summed E-state index contributed by atoms with van der Waals surface area (Å²) in [6.07, 6.45) is 1.26. The van der Waals surface area contributed by atoms with E-state index < -0.39 is 11.7 Å². The SMILES string of the molecule is CC(C)c1ccc(Oc2ncnc(NNC(=O)c3ccc(F)cc3)c2N)cc1. The maximum absolute atomic E-state index is 12.9. The molecular weight excluding hydrogens is 361 g/mol. The number of benzene rings is 2. The summed E-state index contributed by atoms with van der Waals surface area (Å²) in [5.74, 6) is 0.442. The molecule has 0 radical (unpaired) electrons. The number of aromatic nitrogens is 2. The minimum absolute atomic E-state index is 0.134. The maximum Gasteiger partial charge on any atom is 0.269 e. The molecule has 0 aliphatic carbocycles. The number of hydrazine groups is 1. The van der Waals surface area contributed by atoms with E-state index in [1.165, 1.54) is 36.2 Å². The van der Waals surface area contributed by atoms with E-state index in [1.807, 2.05) is 24.3 Å². The van der Waals surface area contributed by atoms with Gasteiger partial charge in [0.2, 0.25) is 5.88 Å². The highest BCUT2D eigenvalue weighted by molar-refractivity contribution is 5.95. The average Bonchev–Trinajstić information content (AvgIpc) is 2.69. The first-order valence-corrected chi connectivity index (χ1v) is 8.64. The Morgan fingerprint density at radius 2 is 1.75 bits per heavy atom. The normalized spacial score (nSPS) is 10.6. The molecule has 0 unspecified atom stereocenters. The lowest BCUT2D eigenvalue weighted by Gasteiger charge is -2.13. The number of hydrogen-bond donors (Lipinski definition) is 3. The van der Waals surface area contributed by atoms with E-state index in [0.29, 0.717) is 11.7 Å². The summed E-state index contributed by atoms with van der Waals surface area (Å²) >= 11 is 0. The van der Waals surface area contributed by atoms with Crippen LogP contribution in [0.5, 0.6) is 11.6 Å². The number of carbonyl (C=O) groups is 1. The Balaban J connectivity index is 1.68. The second-order valence-corrected chi connectivity index (χ2v) is 6.35. The van der Waals surface area contributed by atoms with Crippen molar-refractivity contribution in [2.24, 2.45) is 0 Å². The van der Waals surface area contributed by atoms with Crippen LogP contribution in [0.25, 0.3) is 0 Å². The number of ether oxygens (including phenoxy) is 1. The fourth-order valence-corrected chi connectivity index (χ4v) is 2.38. The van der Waals surface area contributed by atoms with Crippen LogP contribution in [0.2, 0.25) is 0 Å². The van der Waals surface area contributed by atoms with Gasteiger partial charge in [-0.05, 0) is 47.9 Å². The minimum Gasteiger partial charge on any atom is -0.437 e. The summed E-state index contributed by atoms with van der Waals surface area (Å²) in [6, 6.07) is 12.7. The Morgan fingerprint density at radius 1 is 1.07 bits per heavy atom. The molecule has 0 aliphatic rings. The topological polar surface area (TPSA) is 102 Å². The second-order valence-electron chi connectivity index (χ2n) is 6.35. The molecule has 0 saturated carbocycles. The van der Waals surface area contributed by atoms with Crippen LogP contribution in [0.3, 0.4) is 0 Å². The van der Waals surface area contributed by atoms with Crippen molar-refractivity contribution < 1.29 is 13.9 Å². The Labute approximate surface area is 161 Å². The molecule has 28 heavy (non-hydrogen) atoms. The Hall–Kier alpha value is -3.68. The van der Waals surface area contributed by atoms with Gasteiger partial charge in [0.15, 0.2) is 5.82 Å². The zero-order chi connectivity index (χ0) is 20.1. The zero-order valence-electron chi connectivity index (χ0n) is 15.4. The number of nitrogens with two attached hydrogens (primary N) is 1. The van der Waals surface area contributed by atoms with Gasteiger partial charge < -0.3 is 10.5 Å². The van der Waals surface area contributed by atoms with Gasteiger partial charge in [-0.3, -0.25) is 15.6 Å². The first kappa shape index (κ1) is 19.1. The third-order valence-corrected chi connectivity index (χ3v) is 4.01. The van der Waals surface area contributed by atoms with Gasteiger partial charge in [-0.1, -0.05) is 26.0 Å². The fourth-order valence-electron chi connectivity index (χ4n) is 2.38. The van der Waals surface area contributed by atoms with Crippen LogP contribution < -0.4 is 21.3 Å². The number of anilines is 2. The molecule has 3 aromatic rings. The molecule has 144 valence electrons. The van der Waals surface area contributed by atoms with E-state index in [9.17, 15) is 9.18 Å². The third-order valence-electron chi connectivity index (χ3n) is 4.01. The van der Waals surface area contributed by atoms with Crippen LogP contribution in [0, 0.1) is 5.82 Å². The summed E-state index contributed by atoms with van der Waals surface area (Å²) in [4.78, 5) is 20.1. The highest BCUT2D eigenvalue weighted by Crippen LogP contribution is 2.29. The number of rotatable bonds is 6. The van der Waals surface area contributed by atoms with E-state index in [1.54, 1.807) is 0 Å². The Kier molecular flexibility index (Phi) is 5.69. The van der Waals surface area contributed by atoms with Crippen LogP contribution in [0.4, 0.5) is 15.9 Å². The van der Waals surface area contributed by atoms with Crippen molar-refractivity contribution >= 4 is 17.4 Å². The number of nitrogens with zero attached hydrogens (tertiary/aromatic N) is 2. The number of amides is 1. The van der Waals surface area contributed by atoms with Gasteiger partial charge in [0.25, 0.3) is 5.91 Å². The first-order chi connectivity index (χ1) is 13.4. The molecular formula is C20H20FN5O2. The van der Waals surface area contributed by atoms with Gasteiger partial charge >= 0.3 is 0 Å². The van der Waals surface area contributed by atoms with Crippen molar-refractivity contribution in [3.05, 3.63) is 71.8 Å². The van der Waals surface area contributed by atoms with Crippen LogP contribution in [0.1, 0.15) is 35.7 Å². The summed E-state index contributed by atoms with van der Waals surface area (Å²) in [5.41, 5.74) is 12.7. The summed E-state index contributed by atoms with van der Waals surface area (Å²) in [5, 5.41) is 0. The van der Waals surface area contributed by atoms with Crippen LogP contribution >= 0.6 is 0 Å². The Morgan fingerprint density at radius 3 is 2.39 bits per heavy atom. The fraction of sp³-hybridized carbons (Fsp3) is 0.150. The first-order valence-electron chi connectivity index (χ1n) is 8.64. The highest BCUT2D eigenvalue weighted by atomic mass is 19.1. The molecule has 7 nitrogen and oxygen atoms in total. The predicted molar refractivity (Wildman–Crippen MR) is 105 cm³/mol. The number of nitrogen functional groups attached to an aromatic ring is 1. The average molecular weight is 381 g/mol. The molecule has 1 amide bonds. The number of nitrogens with one attached hydrogen (secondary N) is 2. The smallest absolute Gasteiger partial charge is 0.269 e. The van der Waals surface area contributed by atoms with E-state index in [4.69, 9.17) is 10.5 Å². The zero-order valence-corrected chi connectivity index (χ0v) is 15.4. The molecule has 0 aliphatic heterocycles. The van der Waals surface area contributed by atoms with Crippen molar-refractivity contribution in [3.63, 3.8) is 0 Å². The molecule has 0 bridgehead atoms. The number of carbonyl (C=O) groups excluding carboxylic acids is 1. The molecule has 4 N–H and O–H groups in total. The third kappa shape index (κ3) is 4.53. The van der Waals surface area contributed by atoms with Gasteiger partial charge in [0.1, 0.15) is 23.6 Å². The summed E-state index contributed by atoms with van der Waals surface area (Å²) in [7, 11) is 0. The highest BCUT2D eigenvalue weighted by Gasteiger charge is 2.12. The molecule has 0 fully saturated rings. The van der Waals surface area contributed by atoms with Gasteiger partial charge in [0, 0.05) is 5.56 Å².